The van der Waals surface area contributed by atoms with E-state index >= 15 is 0 Å². The molecule has 0 saturated carbocycles. The smallest absolute Gasteiger partial charge is 0.259 e. The predicted molar refractivity (Wildman–Crippen MR) is 100 cm³/mol. The van der Waals surface area contributed by atoms with E-state index in [-0.39, 0.29) is 11.6 Å². The van der Waals surface area contributed by atoms with Crippen LogP contribution in [0.15, 0.2) is 29.9 Å². The van der Waals surface area contributed by atoms with Gasteiger partial charge in [-0.3, -0.25) is 4.57 Å². The van der Waals surface area contributed by atoms with Crippen molar-refractivity contribution in [3.8, 4) is 5.82 Å². The van der Waals surface area contributed by atoms with E-state index in [1.807, 2.05) is 18.4 Å². The summed E-state index contributed by atoms with van der Waals surface area (Å²) in [4.78, 5) is 16.7. The van der Waals surface area contributed by atoms with Crippen molar-refractivity contribution in [2.24, 2.45) is 7.05 Å². The lowest BCUT2D eigenvalue weighted by molar-refractivity contribution is 0.579. The molecule has 0 amide bonds. The Hall–Kier alpha value is -2.79. The summed E-state index contributed by atoms with van der Waals surface area (Å²) in [7, 11) is -1.89. The molecule has 0 aliphatic heterocycles. The molecule has 0 aliphatic carbocycles. The number of anilines is 1. The third-order valence-corrected chi connectivity index (χ3v) is 5.57. The first-order valence-corrected chi connectivity index (χ1v) is 9.82. The quantitative estimate of drug-likeness (QED) is 0.570. The molecule has 3 aromatic heterocycles. The third-order valence-electron chi connectivity index (χ3n) is 4.24. The zero-order valence-corrected chi connectivity index (χ0v) is 16.4. The van der Waals surface area contributed by atoms with Crippen LogP contribution in [0.3, 0.4) is 0 Å². The number of aromatic nitrogens is 6. The number of hydrogen-bond acceptors (Lipinski definition) is 7. The highest BCUT2D eigenvalue weighted by Crippen LogP contribution is 2.13. The second-order valence-electron chi connectivity index (χ2n) is 6.11. The molecule has 2 N–H and O–H groups in total. The van der Waals surface area contributed by atoms with Gasteiger partial charge in [0.05, 0.1) is 5.69 Å². The summed E-state index contributed by atoms with van der Waals surface area (Å²) in [6.45, 7) is 6.20. The van der Waals surface area contributed by atoms with Crippen molar-refractivity contribution in [3.63, 3.8) is 0 Å². The van der Waals surface area contributed by atoms with Crippen molar-refractivity contribution in [2.75, 3.05) is 18.4 Å². The minimum atomic E-state index is -3.64. The molecule has 10 nitrogen and oxygen atoms in total. The molecular formula is C16H22N8O2S. The molecule has 3 rings (SSSR count). The lowest BCUT2D eigenvalue weighted by Gasteiger charge is -2.09. The number of rotatable bonds is 7. The van der Waals surface area contributed by atoms with Gasteiger partial charge in [0.25, 0.3) is 10.0 Å². The van der Waals surface area contributed by atoms with E-state index in [9.17, 15) is 8.42 Å². The first kappa shape index (κ1) is 19.0. The number of aryl methyl sites for hydroxylation is 3. The minimum absolute atomic E-state index is 0.0118. The number of imidazole rings is 2. The Kier molecular flexibility index (Phi) is 5.24. The van der Waals surface area contributed by atoms with Crippen LogP contribution in [0.25, 0.3) is 5.82 Å². The monoisotopic (exact) mass is 390 g/mol. The van der Waals surface area contributed by atoms with Gasteiger partial charge in [-0.25, -0.2) is 33.1 Å². The highest BCUT2D eigenvalue weighted by Gasteiger charge is 2.17. The van der Waals surface area contributed by atoms with Gasteiger partial charge in [0, 0.05) is 38.1 Å². The largest absolute Gasteiger partial charge is 0.369 e. The number of sulfonamides is 1. The Labute approximate surface area is 157 Å². The molecule has 0 radical (unpaired) electrons. The van der Waals surface area contributed by atoms with Crippen LogP contribution in [0, 0.1) is 20.8 Å². The van der Waals surface area contributed by atoms with Crippen molar-refractivity contribution in [1.82, 2.24) is 33.8 Å². The van der Waals surface area contributed by atoms with Crippen LogP contribution in [-0.4, -0.2) is 50.6 Å². The van der Waals surface area contributed by atoms with Gasteiger partial charge in [-0.1, -0.05) is 0 Å². The molecule has 0 saturated heterocycles. The molecule has 3 heterocycles. The Morgan fingerprint density at radius 3 is 2.52 bits per heavy atom. The predicted octanol–water partition coefficient (Wildman–Crippen LogP) is 0.711. The van der Waals surface area contributed by atoms with Gasteiger partial charge in [0.2, 0.25) is 0 Å². The van der Waals surface area contributed by atoms with Gasteiger partial charge >= 0.3 is 0 Å². The van der Waals surface area contributed by atoms with Gasteiger partial charge < -0.3 is 9.88 Å². The van der Waals surface area contributed by atoms with Crippen LogP contribution in [-0.2, 0) is 17.1 Å². The van der Waals surface area contributed by atoms with E-state index in [0.717, 1.165) is 11.4 Å². The lowest BCUT2D eigenvalue weighted by atomic mass is 10.4. The van der Waals surface area contributed by atoms with Crippen LogP contribution in [0.5, 0.6) is 0 Å². The van der Waals surface area contributed by atoms with Crippen molar-refractivity contribution in [3.05, 3.63) is 42.1 Å². The average molecular weight is 390 g/mol. The Balaban J connectivity index is 1.59. The molecule has 11 heteroatoms. The second kappa shape index (κ2) is 7.45. The number of nitrogens with one attached hydrogen (secondary N) is 2. The van der Waals surface area contributed by atoms with E-state index in [1.165, 1.54) is 12.5 Å². The molecule has 0 unspecified atom stereocenters. The van der Waals surface area contributed by atoms with E-state index in [0.29, 0.717) is 24.0 Å². The Morgan fingerprint density at radius 1 is 1.11 bits per heavy atom. The zero-order chi connectivity index (χ0) is 19.6. The minimum Gasteiger partial charge on any atom is -0.369 e. The van der Waals surface area contributed by atoms with Crippen LogP contribution in [0.1, 0.15) is 17.2 Å². The second-order valence-corrected chi connectivity index (χ2v) is 7.82. The van der Waals surface area contributed by atoms with E-state index in [1.54, 1.807) is 30.9 Å². The van der Waals surface area contributed by atoms with Crippen molar-refractivity contribution in [2.45, 2.75) is 25.8 Å². The fraction of sp³-hybridized carbons (Fsp3) is 0.375. The third kappa shape index (κ3) is 4.14. The summed E-state index contributed by atoms with van der Waals surface area (Å²) in [6.07, 6.45) is 4.64. The molecule has 0 spiro atoms. The normalized spacial score (nSPS) is 11.7. The van der Waals surface area contributed by atoms with Gasteiger partial charge in [0.15, 0.2) is 5.03 Å². The fourth-order valence-electron chi connectivity index (χ4n) is 2.41. The molecule has 0 bridgehead atoms. The molecule has 0 atom stereocenters. The summed E-state index contributed by atoms with van der Waals surface area (Å²) in [5, 5.41) is 3.10. The summed E-state index contributed by atoms with van der Waals surface area (Å²) in [5.41, 5.74) is 1.93. The highest BCUT2D eigenvalue weighted by molar-refractivity contribution is 7.89. The fourth-order valence-corrected chi connectivity index (χ4v) is 3.48. The zero-order valence-electron chi connectivity index (χ0n) is 15.6. The van der Waals surface area contributed by atoms with Gasteiger partial charge in [-0.15, -0.1) is 0 Å². The maximum absolute atomic E-state index is 12.2. The Bertz CT molecular complexity index is 1030. The Morgan fingerprint density at radius 2 is 1.89 bits per heavy atom. The van der Waals surface area contributed by atoms with Gasteiger partial charge in [-0.05, 0) is 20.8 Å². The van der Waals surface area contributed by atoms with Crippen molar-refractivity contribution >= 4 is 15.8 Å². The summed E-state index contributed by atoms with van der Waals surface area (Å²) in [5.74, 6) is 1.92. The topological polar surface area (TPSA) is 120 Å². The summed E-state index contributed by atoms with van der Waals surface area (Å²) < 4.78 is 30.5. The maximum atomic E-state index is 12.2. The molecule has 144 valence electrons. The SMILES string of the molecule is Cc1ncn(-c2cc(NCCNS(=O)(=O)c3cn(C)c(C)n3)ncn2)c1C. The highest BCUT2D eigenvalue weighted by atomic mass is 32.2. The lowest BCUT2D eigenvalue weighted by Crippen LogP contribution is -2.29. The van der Waals surface area contributed by atoms with Crippen LogP contribution in [0.4, 0.5) is 5.82 Å². The molecule has 27 heavy (non-hydrogen) atoms. The summed E-state index contributed by atoms with van der Waals surface area (Å²) in [6, 6.07) is 1.78. The van der Waals surface area contributed by atoms with Gasteiger partial charge in [-0.2, -0.15) is 0 Å². The first-order valence-electron chi connectivity index (χ1n) is 8.34. The van der Waals surface area contributed by atoms with Crippen LogP contribution >= 0.6 is 0 Å². The van der Waals surface area contributed by atoms with E-state index in [4.69, 9.17) is 0 Å². The van der Waals surface area contributed by atoms with Crippen LogP contribution < -0.4 is 10.0 Å². The van der Waals surface area contributed by atoms with Crippen LogP contribution in [0.2, 0.25) is 0 Å². The van der Waals surface area contributed by atoms with E-state index < -0.39 is 10.0 Å². The standard InChI is InChI=1S/C16H22N8O2S/c1-11-12(2)24(10-20-11)15-7-14(18-9-19-15)17-5-6-21-27(25,26)16-8-23(4)13(3)22-16/h7-10,21H,5-6H2,1-4H3,(H,17,18,19). The molecule has 0 aromatic carbocycles. The maximum Gasteiger partial charge on any atom is 0.259 e. The summed E-state index contributed by atoms with van der Waals surface area (Å²) >= 11 is 0. The van der Waals surface area contributed by atoms with Gasteiger partial charge in [0.1, 0.15) is 30.1 Å². The van der Waals surface area contributed by atoms with E-state index in [2.05, 4.69) is 30.0 Å². The molecule has 0 fully saturated rings. The molecule has 0 aliphatic rings. The van der Waals surface area contributed by atoms with Crippen molar-refractivity contribution in [1.29, 1.82) is 0 Å². The number of hydrogen-bond donors (Lipinski definition) is 2. The molecular weight excluding hydrogens is 368 g/mol. The first-order chi connectivity index (χ1) is 12.8. The van der Waals surface area contributed by atoms with Crippen molar-refractivity contribution < 1.29 is 8.42 Å². The molecule has 3 aromatic rings. The number of nitrogens with zero attached hydrogens (tertiary/aromatic N) is 6. The average Bonchev–Trinajstić information content (AvgIpc) is 3.15.